The predicted molar refractivity (Wildman–Crippen MR) is 93.3 cm³/mol. The van der Waals surface area contributed by atoms with Crippen LogP contribution < -0.4 is 9.47 Å². The molecule has 0 aliphatic heterocycles. The molecule has 0 saturated carbocycles. The first-order chi connectivity index (χ1) is 11.7. The van der Waals surface area contributed by atoms with Crippen LogP contribution in [0, 0.1) is 0 Å². The van der Waals surface area contributed by atoms with Crippen molar-refractivity contribution in [1.29, 1.82) is 0 Å². The molecule has 0 atom stereocenters. The molecule has 0 spiro atoms. The van der Waals surface area contributed by atoms with E-state index in [1.807, 2.05) is 55.5 Å². The van der Waals surface area contributed by atoms with E-state index in [2.05, 4.69) is 0 Å². The van der Waals surface area contributed by atoms with Gasteiger partial charge in [0.1, 0.15) is 6.61 Å². The highest BCUT2D eigenvalue weighted by atomic mass is 16.5. The normalized spacial score (nSPS) is 10.2. The molecule has 2 rings (SSSR count). The Bertz CT molecular complexity index is 637. The average Bonchev–Trinajstić information content (AvgIpc) is 2.61. The van der Waals surface area contributed by atoms with E-state index in [9.17, 15) is 4.79 Å². The van der Waals surface area contributed by atoms with E-state index in [-0.39, 0.29) is 5.97 Å². The summed E-state index contributed by atoms with van der Waals surface area (Å²) in [4.78, 5) is 11.4. The first kappa shape index (κ1) is 17.9. The Balaban J connectivity index is 1.91. The van der Waals surface area contributed by atoms with Crippen LogP contribution in [0.25, 0.3) is 0 Å². The van der Waals surface area contributed by atoms with Crippen LogP contribution in [-0.2, 0) is 22.6 Å². The Kier molecular flexibility index (Phi) is 7.15. The molecule has 2 aromatic carbocycles. The van der Waals surface area contributed by atoms with Gasteiger partial charge >= 0.3 is 5.97 Å². The molecule has 0 aliphatic carbocycles. The summed E-state index contributed by atoms with van der Waals surface area (Å²) in [5.74, 6) is 1.28. The quantitative estimate of drug-likeness (QED) is 0.648. The Labute approximate surface area is 143 Å². The Morgan fingerprint density at radius 3 is 2.50 bits per heavy atom. The molecule has 0 fully saturated rings. The summed E-state index contributed by atoms with van der Waals surface area (Å²) in [5.41, 5.74) is 2.22. The molecule has 0 saturated heterocycles. The second kappa shape index (κ2) is 9.60. The number of carbonyl (C=O) groups is 1. The molecular formula is C20H24O4. The van der Waals surface area contributed by atoms with Gasteiger partial charge in [0, 0.05) is 6.42 Å². The van der Waals surface area contributed by atoms with Gasteiger partial charge in [0.25, 0.3) is 0 Å². The second-order valence-corrected chi connectivity index (χ2v) is 5.42. The lowest BCUT2D eigenvalue weighted by atomic mass is 10.1. The SMILES string of the molecule is CCOC(=O)CCCc1ccc(OCc2ccccc2)c(OC)c1. The smallest absolute Gasteiger partial charge is 0.305 e. The van der Waals surface area contributed by atoms with Crippen LogP contribution in [0.2, 0.25) is 0 Å². The Morgan fingerprint density at radius 1 is 1.00 bits per heavy atom. The van der Waals surface area contributed by atoms with Gasteiger partial charge in [-0.2, -0.15) is 0 Å². The third-order valence-electron chi connectivity index (χ3n) is 3.62. The molecule has 2 aromatic rings. The minimum absolute atomic E-state index is 0.146. The molecular weight excluding hydrogens is 304 g/mol. The molecule has 0 N–H and O–H groups in total. The minimum Gasteiger partial charge on any atom is -0.493 e. The van der Waals surface area contributed by atoms with Crippen molar-refractivity contribution in [2.24, 2.45) is 0 Å². The summed E-state index contributed by atoms with van der Waals surface area (Å²) >= 11 is 0. The number of methoxy groups -OCH3 is 1. The predicted octanol–water partition coefficient (Wildman–Crippen LogP) is 4.16. The van der Waals surface area contributed by atoms with Gasteiger partial charge in [0.2, 0.25) is 0 Å². The molecule has 24 heavy (non-hydrogen) atoms. The molecule has 0 radical (unpaired) electrons. The van der Waals surface area contributed by atoms with Gasteiger partial charge in [-0.3, -0.25) is 4.79 Å². The van der Waals surface area contributed by atoms with Crippen LogP contribution in [0.1, 0.15) is 30.9 Å². The first-order valence-electron chi connectivity index (χ1n) is 8.22. The van der Waals surface area contributed by atoms with Crippen molar-refractivity contribution in [3.63, 3.8) is 0 Å². The number of rotatable bonds is 9. The number of ether oxygens (including phenoxy) is 3. The summed E-state index contributed by atoms with van der Waals surface area (Å²) in [6, 6.07) is 15.9. The summed E-state index contributed by atoms with van der Waals surface area (Å²) in [6.07, 6.45) is 1.99. The average molecular weight is 328 g/mol. The van der Waals surface area contributed by atoms with Crippen LogP contribution in [0.5, 0.6) is 11.5 Å². The zero-order chi connectivity index (χ0) is 17.2. The minimum atomic E-state index is -0.146. The van der Waals surface area contributed by atoms with Crippen LogP contribution >= 0.6 is 0 Å². The van der Waals surface area contributed by atoms with E-state index in [1.165, 1.54) is 0 Å². The summed E-state index contributed by atoms with van der Waals surface area (Å²) in [7, 11) is 1.63. The Hall–Kier alpha value is -2.49. The topological polar surface area (TPSA) is 44.8 Å². The van der Waals surface area contributed by atoms with Crippen molar-refractivity contribution >= 4 is 5.97 Å². The Morgan fingerprint density at radius 2 is 1.79 bits per heavy atom. The van der Waals surface area contributed by atoms with Crippen LogP contribution in [0.3, 0.4) is 0 Å². The fourth-order valence-corrected chi connectivity index (χ4v) is 2.39. The van der Waals surface area contributed by atoms with E-state index >= 15 is 0 Å². The van der Waals surface area contributed by atoms with Crippen LogP contribution in [-0.4, -0.2) is 19.7 Å². The zero-order valence-corrected chi connectivity index (χ0v) is 14.3. The highest BCUT2D eigenvalue weighted by Gasteiger charge is 2.07. The van der Waals surface area contributed by atoms with E-state index in [4.69, 9.17) is 14.2 Å². The monoisotopic (exact) mass is 328 g/mol. The first-order valence-corrected chi connectivity index (χ1v) is 8.22. The van der Waals surface area contributed by atoms with Crippen molar-refractivity contribution in [1.82, 2.24) is 0 Å². The molecule has 0 heterocycles. The maximum absolute atomic E-state index is 11.4. The molecule has 0 unspecified atom stereocenters. The summed E-state index contributed by atoms with van der Waals surface area (Å²) < 4.78 is 16.2. The second-order valence-electron chi connectivity index (χ2n) is 5.42. The zero-order valence-electron chi connectivity index (χ0n) is 14.3. The lowest BCUT2D eigenvalue weighted by molar-refractivity contribution is -0.143. The van der Waals surface area contributed by atoms with Gasteiger partial charge in [0.15, 0.2) is 11.5 Å². The van der Waals surface area contributed by atoms with Crippen molar-refractivity contribution in [2.45, 2.75) is 32.8 Å². The van der Waals surface area contributed by atoms with Gasteiger partial charge in [0.05, 0.1) is 13.7 Å². The van der Waals surface area contributed by atoms with Crippen molar-refractivity contribution < 1.29 is 19.0 Å². The number of hydrogen-bond acceptors (Lipinski definition) is 4. The summed E-state index contributed by atoms with van der Waals surface area (Å²) in [6.45, 7) is 2.75. The number of benzene rings is 2. The maximum Gasteiger partial charge on any atom is 0.305 e. The third kappa shape index (κ3) is 5.61. The molecule has 0 amide bonds. The van der Waals surface area contributed by atoms with Crippen molar-refractivity contribution in [3.05, 3.63) is 59.7 Å². The lowest BCUT2D eigenvalue weighted by Gasteiger charge is -2.12. The number of hydrogen-bond donors (Lipinski definition) is 0. The van der Waals surface area contributed by atoms with Crippen LogP contribution in [0.4, 0.5) is 0 Å². The van der Waals surface area contributed by atoms with Gasteiger partial charge in [-0.05, 0) is 43.0 Å². The fourth-order valence-electron chi connectivity index (χ4n) is 2.39. The number of carbonyl (C=O) groups excluding carboxylic acids is 1. The van der Waals surface area contributed by atoms with Gasteiger partial charge in [-0.1, -0.05) is 36.4 Å². The van der Waals surface area contributed by atoms with Crippen molar-refractivity contribution in [2.75, 3.05) is 13.7 Å². The van der Waals surface area contributed by atoms with Gasteiger partial charge < -0.3 is 14.2 Å². The maximum atomic E-state index is 11.4. The highest BCUT2D eigenvalue weighted by molar-refractivity contribution is 5.69. The molecule has 0 aliphatic rings. The molecule has 4 heteroatoms. The number of aryl methyl sites for hydroxylation is 1. The number of esters is 1. The van der Waals surface area contributed by atoms with Crippen molar-refractivity contribution in [3.8, 4) is 11.5 Å². The molecule has 4 nitrogen and oxygen atoms in total. The van der Waals surface area contributed by atoms with Gasteiger partial charge in [-0.15, -0.1) is 0 Å². The van der Waals surface area contributed by atoms with E-state index in [1.54, 1.807) is 7.11 Å². The van der Waals surface area contributed by atoms with Crippen LogP contribution in [0.15, 0.2) is 48.5 Å². The lowest BCUT2D eigenvalue weighted by Crippen LogP contribution is -2.04. The fraction of sp³-hybridized carbons (Fsp3) is 0.350. The third-order valence-corrected chi connectivity index (χ3v) is 3.62. The van der Waals surface area contributed by atoms with E-state index < -0.39 is 0 Å². The van der Waals surface area contributed by atoms with Gasteiger partial charge in [-0.25, -0.2) is 0 Å². The highest BCUT2D eigenvalue weighted by Crippen LogP contribution is 2.29. The summed E-state index contributed by atoms with van der Waals surface area (Å²) in [5, 5.41) is 0. The van der Waals surface area contributed by atoms with E-state index in [0.717, 1.165) is 29.7 Å². The standard InChI is InChI=1S/C20H24O4/c1-3-23-20(21)11-7-10-16-12-13-18(19(14-16)22-2)24-15-17-8-5-4-6-9-17/h4-6,8-9,12-14H,3,7,10-11,15H2,1-2H3. The largest absolute Gasteiger partial charge is 0.493 e. The molecule has 128 valence electrons. The molecule has 0 aromatic heterocycles. The molecule has 0 bridgehead atoms. The van der Waals surface area contributed by atoms with E-state index in [0.29, 0.717) is 25.4 Å².